The summed E-state index contributed by atoms with van der Waals surface area (Å²) in [5.41, 5.74) is 0.925. The minimum absolute atomic E-state index is 0.00789. The van der Waals surface area contributed by atoms with Gasteiger partial charge in [-0.3, -0.25) is 29.1 Å². The highest BCUT2D eigenvalue weighted by Crippen LogP contribution is 2.43. The number of aromatic nitrogens is 1. The molecule has 0 radical (unpaired) electrons. The first-order chi connectivity index (χ1) is 15.9. The molecule has 0 aliphatic carbocycles. The van der Waals surface area contributed by atoms with Gasteiger partial charge in [0.15, 0.2) is 0 Å². The Balaban J connectivity index is 1.27. The molecule has 2 aliphatic heterocycles. The summed E-state index contributed by atoms with van der Waals surface area (Å²) in [6.45, 7) is 2.90. The average Bonchev–Trinajstić information content (AvgIpc) is 3.14. The van der Waals surface area contributed by atoms with Crippen molar-refractivity contribution in [3.8, 4) is 0 Å². The fraction of sp³-hybridized carbons (Fsp3) is 0.375. The molecule has 2 aliphatic rings. The fourth-order valence-electron chi connectivity index (χ4n) is 4.50. The van der Waals surface area contributed by atoms with Crippen molar-refractivity contribution in [2.24, 2.45) is 0 Å². The van der Waals surface area contributed by atoms with Gasteiger partial charge in [0.05, 0.1) is 16.8 Å². The second-order valence-corrected chi connectivity index (χ2v) is 8.37. The highest BCUT2D eigenvalue weighted by molar-refractivity contribution is 6.10. The molecule has 9 nitrogen and oxygen atoms in total. The standard InChI is InChI=1S/C24H27N5O4/c1-24-11-10-21(31)29(24)19-8-3-2-7-18(19)23(33)28(24)15-5-9-20(30)26-13-14-27-22(32)17-6-4-12-25-16-17/h2-4,6-8,12,16H,5,9-11,13-15H2,1H3,(H,26,30)(H,27,32). The van der Waals surface area contributed by atoms with E-state index in [2.05, 4.69) is 15.6 Å². The maximum absolute atomic E-state index is 13.2. The van der Waals surface area contributed by atoms with Gasteiger partial charge < -0.3 is 15.5 Å². The van der Waals surface area contributed by atoms with Crippen LogP contribution >= 0.6 is 0 Å². The quantitative estimate of drug-likeness (QED) is 0.596. The number of nitrogens with zero attached hydrogens (tertiary/aromatic N) is 3. The second kappa shape index (κ2) is 9.40. The summed E-state index contributed by atoms with van der Waals surface area (Å²) in [6, 6.07) is 10.5. The minimum atomic E-state index is -0.713. The Morgan fingerprint density at radius 3 is 2.67 bits per heavy atom. The number of anilines is 1. The van der Waals surface area contributed by atoms with Gasteiger partial charge in [0.2, 0.25) is 11.8 Å². The number of benzene rings is 1. The number of hydrogen-bond acceptors (Lipinski definition) is 5. The van der Waals surface area contributed by atoms with E-state index in [0.29, 0.717) is 55.7 Å². The van der Waals surface area contributed by atoms with E-state index in [4.69, 9.17) is 0 Å². The number of carbonyl (C=O) groups excluding carboxylic acids is 4. The van der Waals surface area contributed by atoms with Gasteiger partial charge in [-0.25, -0.2) is 0 Å². The summed E-state index contributed by atoms with van der Waals surface area (Å²) >= 11 is 0. The number of fused-ring (bicyclic) bond motifs is 3. The topological polar surface area (TPSA) is 112 Å². The Hall–Kier alpha value is -3.75. The van der Waals surface area contributed by atoms with E-state index in [9.17, 15) is 19.2 Å². The summed E-state index contributed by atoms with van der Waals surface area (Å²) < 4.78 is 0. The van der Waals surface area contributed by atoms with Crippen LogP contribution in [0, 0.1) is 0 Å². The van der Waals surface area contributed by atoms with Crippen LogP contribution in [0.15, 0.2) is 48.8 Å². The lowest BCUT2D eigenvalue weighted by molar-refractivity contribution is -0.121. The van der Waals surface area contributed by atoms with Crippen molar-refractivity contribution in [3.63, 3.8) is 0 Å². The molecule has 1 fully saturated rings. The molecule has 1 aromatic heterocycles. The van der Waals surface area contributed by atoms with Crippen LogP contribution in [0.4, 0.5) is 5.69 Å². The molecule has 1 unspecified atom stereocenters. The van der Waals surface area contributed by atoms with E-state index in [1.54, 1.807) is 40.3 Å². The van der Waals surface area contributed by atoms with Crippen molar-refractivity contribution >= 4 is 29.3 Å². The average molecular weight is 450 g/mol. The van der Waals surface area contributed by atoms with Crippen LogP contribution in [-0.4, -0.2) is 58.8 Å². The molecule has 0 bridgehead atoms. The zero-order chi connectivity index (χ0) is 23.4. The monoisotopic (exact) mass is 449 g/mol. The van der Waals surface area contributed by atoms with Crippen LogP contribution in [0.1, 0.15) is 53.3 Å². The third-order valence-electron chi connectivity index (χ3n) is 6.19. The van der Waals surface area contributed by atoms with Crippen LogP contribution in [0.25, 0.3) is 0 Å². The number of para-hydroxylation sites is 1. The first-order valence-corrected chi connectivity index (χ1v) is 11.1. The molecule has 33 heavy (non-hydrogen) atoms. The molecule has 1 aromatic carbocycles. The van der Waals surface area contributed by atoms with Crippen LogP contribution in [0.2, 0.25) is 0 Å². The molecule has 1 atom stereocenters. The van der Waals surface area contributed by atoms with E-state index in [1.165, 1.54) is 6.20 Å². The van der Waals surface area contributed by atoms with Crippen molar-refractivity contribution in [1.82, 2.24) is 20.5 Å². The number of rotatable bonds is 8. The van der Waals surface area contributed by atoms with Gasteiger partial charge in [-0.05, 0) is 44.0 Å². The normalized spacial score (nSPS) is 19.2. The molecular formula is C24H27N5O4. The molecule has 9 heteroatoms. The molecule has 0 spiro atoms. The third kappa shape index (κ3) is 4.44. The number of pyridine rings is 1. The van der Waals surface area contributed by atoms with Crippen LogP contribution in [0.5, 0.6) is 0 Å². The van der Waals surface area contributed by atoms with Crippen molar-refractivity contribution in [1.29, 1.82) is 0 Å². The van der Waals surface area contributed by atoms with Gasteiger partial charge in [0.25, 0.3) is 11.8 Å². The van der Waals surface area contributed by atoms with Crippen molar-refractivity contribution in [3.05, 3.63) is 59.9 Å². The highest BCUT2D eigenvalue weighted by Gasteiger charge is 2.52. The Kier molecular flexibility index (Phi) is 6.39. The SMILES string of the molecule is CC12CCC(=O)N1c1ccccc1C(=O)N2CCCC(=O)NCCNC(=O)c1cccnc1. The summed E-state index contributed by atoms with van der Waals surface area (Å²) in [4.78, 5) is 57.3. The van der Waals surface area contributed by atoms with E-state index in [-0.39, 0.29) is 30.0 Å². The molecule has 1 saturated heterocycles. The molecule has 4 rings (SSSR count). The van der Waals surface area contributed by atoms with E-state index < -0.39 is 5.66 Å². The molecule has 0 saturated carbocycles. The van der Waals surface area contributed by atoms with Gasteiger partial charge in [-0.1, -0.05) is 12.1 Å². The Morgan fingerprint density at radius 1 is 1.09 bits per heavy atom. The van der Waals surface area contributed by atoms with E-state index >= 15 is 0 Å². The van der Waals surface area contributed by atoms with Gasteiger partial charge >= 0.3 is 0 Å². The molecule has 3 heterocycles. The number of nitrogens with one attached hydrogen (secondary N) is 2. The zero-order valence-corrected chi connectivity index (χ0v) is 18.5. The molecule has 2 aromatic rings. The lowest BCUT2D eigenvalue weighted by Crippen LogP contribution is -2.62. The Bertz CT molecular complexity index is 1070. The van der Waals surface area contributed by atoms with Crippen LogP contribution < -0.4 is 15.5 Å². The maximum Gasteiger partial charge on any atom is 0.257 e. The number of hydrogen-bond donors (Lipinski definition) is 2. The largest absolute Gasteiger partial charge is 0.354 e. The van der Waals surface area contributed by atoms with E-state index in [1.807, 2.05) is 19.1 Å². The predicted molar refractivity (Wildman–Crippen MR) is 121 cm³/mol. The summed E-state index contributed by atoms with van der Waals surface area (Å²) in [7, 11) is 0. The lowest BCUT2D eigenvalue weighted by atomic mass is 9.98. The Morgan fingerprint density at radius 2 is 1.88 bits per heavy atom. The van der Waals surface area contributed by atoms with Gasteiger partial charge in [-0.15, -0.1) is 0 Å². The minimum Gasteiger partial charge on any atom is -0.354 e. The van der Waals surface area contributed by atoms with Crippen molar-refractivity contribution in [2.45, 2.75) is 38.3 Å². The van der Waals surface area contributed by atoms with Gasteiger partial charge in [-0.2, -0.15) is 0 Å². The van der Waals surface area contributed by atoms with Crippen LogP contribution in [0.3, 0.4) is 0 Å². The smallest absolute Gasteiger partial charge is 0.257 e. The predicted octanol–water partition coefficient (Wildman–Crippen LogP) is 1.71. The summed E-state index contributed by atoms with van der Waals surface area (Å²) in [6.07, 6.45) is 4.74. The molecule has 2 N–H and O–H groups in total. The maximum atomic E-state index is 13.2. The first kappa shape index (κ1) is 22.4. The van der Waals surface area contributed by atoms with Gasteiger partial charge in [0.1, 0.15) is 5.66 Å². The fourth-order valence-corrected chi connectivity index (χ4v) is 4.50. The zero-order valence-electron chi connectivity index (χ0n) is 18.5. The first-order valence-electron chi connectivity index (χ1n) is 11.1. The summed E-state index contributed by atoms with van der Waals surface area (Å²) in [5.74, 6) is -0.503. The van der Waals surface area contributed by atoms with Crippen molar-refractivity contribution < 1.29 is 19.2 Å². The lowest BCUT2D eigenvalue weighted by Gasteiger charge is -2.48. The highest BCUT2D eigenvalue weighted by atomic mass is 16.2. The number of amides is 4. The third-order valence-corrected chi connectivity index (χ3v) is 6.19. The second-order valence-electron chi connectivity index (χ2n) is 8.37. The molecule has 4 amide bonds. The molecule has 172 valence electrons. The van der Waals surface area contributed by atoms with Crippen molar-refractivity contribution in [2.75, 3.05) is 24.5 Å². The van der Waals surface area contributed by atoms with Crippen LogP contribution in [-0.2, 0) is 9.59 Å². The Labute approximate surface area is 192 Å². The number of carbonyl (C=O) groups is 4. The molecular weight excluding hydrogens is 422 g/mol. The van der Waals surface area contributed by atoms with Gasteiger partial charge in [0, 0.05) is 44.9 Å². The van der Waals surface area contributed by atoms with E-state index in [0.717, 1.165) is 0 Å². The summed E-state index contributed by atoms with van der Waals surface area (Å²) in [5, 5.41) is 5.51.